The van der Waals surface area contributed by atoms with Gasteiger partial charge in [-0.1, -0.05) is 23.2 Å². The van der Waals surface area contributed by atoms with E-state index in [9.17, 15) is 24.6 Å². The number of carbonyl (C=O) groups is 1. The number of hydrogen-bond donors (Lipinski definition) is 4. The van der Waals surface area contributed by atoms with E-state index in [-0.39, 0.29) is 24.7 Å². The summed E-state index contributed by atoms with van der Waals surface area (Å²) >= 11 is 11.4. The van der Waals surface area contributed by atoms with Gasteiger partial charge in [0, 0.05) is 12.4 Å². The van der Waals surface area contributed by atoms with Crippen LogP contribution < -0.4 is 16.6 Å². The van der Waals surface area contributed by atoms with E-state index < -0.39 is 41.5 Å². The van der Waals surface area contributed by atoms with Crippen LogP contribution in [0.25, 0.3) is 0 Å². The van der Waals surface area contributed by atoms with E-state index in [1.165, 1.54) is 17.1 Å². The van der Waals surface area contributed by atoms with Crippen LogP contribution in [0.15, 0.2) is 28.2 Å². The number of carbonyl (C=O) groups excluding carboxylic acids is 1. The SMILES string of the molecule is O=C(Cn1cc(Cl)cn1)N[C@@H]1CO[C@H](Cn2cc(Cl)c(=O)[nH]c2=O)[C@@H](O)[C@H]1O. The van der Waals surface area contributed by atoms with Gasteiger partial charge in [-0.05, 0) is 0 Å². The van der Waals surface area contributed by atoms with Gasteiger partial charge in [0.2, 0.25) is 5.91 Å². The quantitative estimate of drug-likeness (QED) is 0.440. The fourth-order valence-electron chi connectivity index (χ4n) is 2.81. The average Bonchev–Trinajstić information content (AvgIpc) is 3.03. The van der Waals surface area contributed by atoms with Gasteiger partial charge >= 0.3 is 5.69 Å². The molecule has 4 N–H and O–H groups in total. The molecule has 152 valence electrons. The number of nitrogens with zero attached hydrogens (tertiary/aromatic N) is 3. The number of amides is 1. The van der Waals surface area contributed by atoms with Crippen molar-refractivity contribution in [2.45, 2.75) is 37.4 Å². The number of rotatable bonds is 5. The molecular weight excluding hydrogens is 417 g/mol. The van der Waals surface area contributed by atoms with Gasteiger partial charge in [-0.2, -0.15) is 5.10 Å². The van der Waals surface area contributed by atoms with Crippen LogP contribution in [-0.4, -0.2) is 66.4 Å². The molecular formula is C15H17Cl2N5O6. The summed E-state index contributed by atoms with van der Waals surface area (Å²) in [7, 11) is 0. The van der Waals surface area contributed by atoms with Crippen LogP contribution in [0.2, 0.25) is 10.0 Å². The van der Waals surface area contributed by atoms with Crippen LogP contribution >= 0.6 is 23.2 Å². The number of hydrogen-bond acceptors (Lipinski definition) is 7. The normalized spacial score (nSPS) is 24.9. The van der Waals surface area contributed by atoms with Crippen molar-refractivity contribution >= 4 is 29.1 Å². The molecule has 11 nitrogen and oxygen atoms in total. The topological polar surface area (TPSA) is 151 Å². The van der Waals surface area contributed by atoms with Crippen molar-refractivity contribution in [3.63, 3.8) is 0 Å². The smallest absolute Gasteiger partial charge is 0.328 e. The first-order valence-electron chi connectivity index (χ1n) is 8.19. The van der Waals surface area contributed by atoms with E-state index in [4.69, 9.17) is 27.9 Å². The summed E-state index contributed by atoms with van der Waals surface area (Å²) in [6.45, 7) is -0.374. The summed E-state index contributed by atoms with van der Waals surface area (Å²) in [5.41, 5.74) is -1.46. The zero-order chi connectivity index (χ0) is 20.4. The first-order chi connectivity index (χ1) is 13.2. The van der Waals surface area contributed by atoms with Crippen molar-refractivity contribution in [2.75, 3.05) is 6.61 Å². The Morgan fingerprint density at radius 1 is 1.32 bits per heavy atom. The van der Waals surface area contributed by atoms with Crippen molar-refractivity contribution in [3.8, 4) is 0 Å². The number of aromatic amines is 1. The summed E-state index contributed by atoms with van der Waals surface area (Å²) < 4.78 is 7.87. The van der Waals surface area contributed by atoms with Gasteiger partial charge in [0.15, 0.2) is 0 Å². The van der Waals surface area contributed by atoms with Gasteiger partial charge in [0.1, 0.15) is 29.9 Å². The second-order valence-electron chi connectivity index (χ2n) is 6.27. The van der Waals surface area contributed by atoms with Crippen LogP contribution in [0.4, 0.5) is 0 Å². The highest BCUT2D eigenvalue weighted by Gasteiger charge is 2.39. The number of ether oxygens (including phenoxy) is 1. The first-order valence-corrected chi connectivity index (χ1v) is 8.94. The van der Waals surface area contributed by atoms with Crippen molar-refractivity contribution in [1.29, 1.82) is 0 Å². The Balaban J connectivity index is 1.61. The van der Waals surface area contributed by atoms with Gasteiger partial charge in [-0.25, -0.2) is 4.79 Å². The molecule has 2 aromatic heterocycles. The zero-order valence-electron chi connectivity index (χ0n) is 14.3. The summed E-state index contributed by atoms with van der Waals surface area (Å²) in [5, 5.41) is 27.2. The maximum Gasteiger partial charge on any atom is 0.328 e. The summed E-state index contributed by atoms with van der Waals surface area (Å²) in [6, 6.07) is -0.860. The lowest BCUT2D eigenvalue weighted by Crippen LogP contribution is -2.60. The number of aliphatic hydroxyl groups is 2. The Bertz CT molecular complexity index is 972. The molecule has 3 heterocycles. The molecule has 0 aliphatic carbocycles. The molecule has 1 fully saturated rings. The Kier molecular flexibility index (Phi) is 6.20. The Hall–Kier alpha value is -2.18. The fourth-order valence-corrected chi connectivity index (χ4v) is 3.13. The van der Waals surface area contributed by atoms with Gasteiger partial charge in [0.25, 0.3) is 5.56 Å². The van der Waals surface area contributed by atoms with E-state index in [1.54, 1.807) is 0 Å². The van der Waals surface area contributed by atoms with Crippen molar-refractivity contribution in [2.24, 2.45) is 0 Å². The van der Waals surface area contributed by atoms with Crippen molar-refractivity contribution < 1.29 is 19.7 Å². The Morgan fingerprint density at radius 3 is 2.75 bits per heavy atom. The molecule has 1 amide bonds. The molecule has 3 rings (SSSR count). The van der Waals surface area contributed by atoms with Gasteiger partial charge in [-0.15, -0.1) is 0 Å². The van der Waals surface area contributed by atoms with E-state index in [2.05, 4.69) is 10.4 Å². The molecule has 0 spiro atoms. The summed E-state index contributed by atoms with van der Waals surface area (Å²) in [5.74, 6) is -0.457. The lowest BCUT2D eigenvalue weighted by atomic mass is 9.98. The zero-order valence-corrected chi connectivity index (χ0v) is 15.8. The minimum Gasteiger partial charge on any atom is -0.388 e. The Morgan fingerprint density at radius 2 is 2.07 bits per heavy atom. The number of halogens is 2. The number of aliphatic hydroxyl groups excluding tert-OH is 2. The molecule has 0 bridgehead atoms. The minimum absolute atomic E-state index is 0.0969. The highest BCUT2D eigenvalue weighted by molar-refractivity contribution is 6.30. The third kappa shape index (κ3) is 4.62. The third-order valence-electron chi connectivity index (χ3n) is 4.23. The van der Waals surface area contributed by atoms with E-state index in [0.717, 1.165) is 10.8 Å². The van der Waals surface area contributed by atoms with E-state index in [1.807, 2.05) is 4.98 Å². The van der Waals surface area contributed by atoms with Crippen LogP contribution in [0, 0.1) is 0 Å². The van der Waals surface area contributed by atoms with Crippen LogP contribution in [0.1, 0.15) is 0 Å². The molecule has 0 saturated carbocycles. The Labute approximate surface area is 167 Å². The lowest BCUT2D eigenvalue weighted by Gasteiger charge is -2.38. The molecule has 4 atom stereocenters. The van der Waals surface area contributed by atoms with Gasteiger partial charge in [-0.3, -0.25) is 23.8 Å². The second-order valence-corrected chi connectivity index (χ2v) is 7.12. The molecule has 1 aliphatic heterocycles. The monoisotopic (exact) mass is 433 g/mol. The minimum atomic E-state index is -1.39. The predicted molar refractivity (Wildman–Crippen MR) is 97.3 cm³/mol. The number of nitrogens with one attached hydrogen (secondary N) is 2. The molecule has 0 aromatic carbocycles. The maximum absolute atomic E-state index is 12.1. The van der Waals surface area contributed by atoms with Gasteiger partial charge < -0.3 is 20.3 Å². The fraction of sp³-hybridized carbons (Fsp3) is 0.467. The molecule has 0 unspecified atom stereocenters. The van der Waals surface area contributed by atoms with E-state index >= 15 is 0 Å². The van der Waals surface area contributed by atoms with Crippen LogP contribution in [0.5, 0.6) is 0 Å². The molecule has 1 saturated heterocycles. The van der Waals surface area contributed by atoms with Gasteiger partial charge in [0.05, 0.1) is 30.4 Å². The highest BCUT2D eigenvalue weighted by atomic mass is 35.5. The second kappa shape index (κ2) is 8.45. The van der Waals surface area contributed by atoms with Crippen molar-refractivity contribution in [3.05, 3.63) is 49.5 Å². The van der Waals surface area contributed by atoms with Crippen LogP contribution in [0.3, 0.4) is 0 Å². The first kappa shape index (κ1) is 20.6. The molecule has 28 heavy (non-hydrogen) atoms. The molecule has 2 aromatic rings. The van der Waals surface area contributed by atoms with Crippen molar-refractivity contribution in [1.82, 2.24) is 24.6 Å². The number of H-pyrrole nitrogens is 1. The molecule has 13 heteroatoms. The largest absolute Gasteiger partial charge is 0.388 e. The highest BCUT2D eigenvalue weighted by Crippen LogP contribution is 2.17. The molecule has 0 radical (unpaired) electrons. The third-order valence-corrected chi connectivity index (χ3v) is 4.70. The summed E-state index contributed by atoms with van der Waals surface area (Å²) in [6.07, 6.45) is 0.287. The van der Waals surface area contributed by atoms with Crippen LogP contribution in [-0.2, 0) is 22.6 Å². The number of aromatic nitrogens is 4. The maximum atomic E-state index is 12.1. The lowest BCUT2D eigenvalue weighted by molar-refractivity contribution is -0.159. The molecule has 1 aliphatic rings. The average molecular weight is 434 g/mol. The predicted octanol–water partition coefficient (Wildman–Crippen LogP) is -1.65. The summed E-state index contributed by atoms with van der Waals surface area (Å²) in [4.78, 5) is 37.2. The standard InChI is InChI=1S/C15H17Cl2N5O6/c16-7-1-18-22(2-7)5-11(23)19-9-6-28-10(13(25)12(9)24)4-21-3-8(17)14(26)20-15(21)27/h1-3,9-10,12-13,24-25H,4-6H2,(H,19,23)(H,20,26,27)/t9-,10-,12+,13-/m1/s1. The van der Waals surface area contributed by atoms with E-state index in [0.29, 0.717) is 5.02 Å².